The second-order valence-electron chi connectivity index (χ2n) is 6.74. The number of ether oxygens (including phenoxy) is 1. The fourth-order valence-electron chi connectivity index (χ4n) is 4.05. The standard InChI is InChI=1S/C19H26O/c1-5-6-14-8-10-16-17(11-14)20-19-13(4)7-9-15(12(2)3)18(16)19/h8,10-11,13,15,18-19H,2,5-7,9H2,1,3-4H3. The lowest BCUT2D eigenvalue weighted by Crippen LogP contribution is -2.36. The summed E-state index contributed by atoms with van der Waals surface area (Å²) in [7, 11) is 0. The van der Waals surface area contributed by atoms with Crippen LogP contribution in [-0.4, -0.2) is 6.10 Å². The van der Waals surface area contributed by atoms with Crippen LogP contribution in [0.1, 0.15) is 57.1 Å². The zero-order chi connectivity index (χ0) is 14.3. The van der Waals surface area contributed by atoms with Crippen molar-refractivity contribution >= 4 is 0 Å². The molecule has 2 aliphatic rings. The molecular weight excluding hydrogens is 244 g/mol. The van der Waals surface area contributed by atoms with Gasteiger partial charge in [-0.15, -0.1) is 0 Å². The lowest BCUT2D eigenvalue weighted by atomic mass is 9.68. The first-order chi connectivity index (χ1) is 9.61. The van der Waals surface area contributed by atoms with Gasteiger partial charge in [-0.1, -0.05) is 44.6 Å². The monoisotopic (exact) mass is 270 g/mol. The van der Waals surface area contributed by atoms with Crippen molar-refractivity contribution in [3.63, 3.8) is 0 Å². The maximum atomic E-state index is 6.35. The Morgan fingerprint density at radius 1 is 1.35 bits per heavy atom. The highest BCUT2D eigenvalue weighted by Crippen LogP contribution is 2.52. The van der Waals surface area contributed by atoms with Gasteiger partial charge in [0, 0.05) is 11.5 Å². The second-order valence-corrected chi connectivity index (χ2v) is 6.74. The van der Waals surface area contributed by atoms with E-state index in [9.17, 15) is 0 Å². The van der Waals surface area contributed by atoms with E-state index in [2.05, 4.69) is 45.5 Å². The average Bonchev–Trinajstić information content (AvgIpc) is 2.79. The van der Waals surface area contributed by atoms with E-state index in [1.54, 1.807) is 0 Å². The molecule has 1 aliphatic carbocycles. The van der Waals surface area contributed by atoms with E-state index in [1.807, 2.05) is 0 Å². The van der Waals surface area contributed by atoms with Gasteiger partial charge < -0.3 is 4.74 Å². The van der Waals surface area contributed by atoms with E-state index in [0.29, 0.717) is 23.9 Å². The van der Waals surface area contributed by atoms with Gasteiger partial charge in [-0.05, 0) is 49.7 Å². The predicted molar refractivity (Wildman–Crippen MR) is 84.3 cm³/mol. The van der Waals surface area contributed by atoms with Gasteiger partial charge in [0.15, 0.2) is 0 Å². The number of allylic oxidation sites excluding steroid dienone is 1. The quantitative estimate of drug-likeness (QED) is 0.694. The number of fused-ring (bicyclic) bond motifs is 3. The first-order valence-corrected chi connectivity index (χ1v) is 8.06. The Labute approximate surface area is 123 Å². The Kier molecular flexibility index (Phi) is 3.62. The van der Waals surface area contributed by atoms with E-state index < -0.39 is 0 Å². The third-order valence-electron chi connectivity index (χ3n) is 5.15. The highest BCUT2D eigenvalue weighted by Gasteiger charge is 2.45. The van der Waals surface area contributed by atoms with Crippen LogP contribution in [0.15, 0.2) is 30.4 Å². The molecule has 1 aliphatic heterocycles. The van der Waals surface area contributed by atoms with Crippen LogP contribution in [0.2, 0.25) is 0 Å². The molecule has 1 heterocycles. The van der Waals surface area contributed by atoms with Crippen molar-refractivity contribution in [1.29, 1.82) is 0 Å². The molecule has 0 N–H and O–H groups in total. The minimum atomic E-state index is 0.359. The molecule has 1 fully saturated rings. The molecule has 0 bridgehead atoms. The van der Waals surface area contributed by atoms with Gasteiger partial charge >= 0.3 is 0 Å². The third-order valence-corrected chi connectivity index (χ3v) is 5.15. The third kappa shape index (κ3) is 2.17. The number of aryl methyl sites for hydroxylation is 1. The van der Waals surface area contributed by atoms with E-state index in [0.717, 1.165) is 12.2 Å². The van der Waals surface area contributed by atoms with Crippen molar-refractivity contribution in [2.45, 2.75) is 58.5 Å². The van der Waals surface area contributed by atoms with E-state index in [4.69, 9.17) is 4.74 Å². The van der Waals surface area contributed by atoms with Crippen molar-refractivity contribution in [3.8, 4) is 5.75 Å². The summed E-state index contributed by atoms with van der Waals surface area (Å²) in [5.41, 5.74) is 4.15. The average molecular weight is 270 g/mol. The summed E-state index contributed by atoms with van der Waals surface area (Å²) < 4.78 is 6.35. The lowest BCUT2D eigenvalue weighted by Gasteiger charge is -2.37. The molecule has 1 aromatic carbocycles. The maximum absolute atomic E-state index is 6.35. The molecule has 0 spiro atoms. The molecule has 108 valence electrons. The highest BCUT2D eigenvalue weighted by atomic mass is 16.5. The van der Waals surface area contributed by atoms with Crippen LogP contribution in [0.3, 0.4) is 0 Å². The predicted octanol–water partition coefficient (Wildman–Crippen LogP) is 5.11. The van der Waals surface area contributed by atoms with Crippen LogP contribution in [0, 0.1) is 11.8 Å². The summed E-state index contributed by atoms with van der Waals surface area (Å²) in [6.07, 6.45) is 5.21. The Morgan fingerprint density at radius 2 is 2.15 bits per heavy atom. The molecule has 20 heavy (non-hydrogen) atoms. The molecule has 1 saturated carbocycles. The topological polar surface area (TPSA) is 9.23 Å². The van der Waals surface area contributed by atoms with Gasteiger partial charge in [-0.3, -0.25) is 0 Å². The number of hydrogen-bond donors (Lipinski definition) is 0. The normalized spacial score (nSPS) is 31.4. The molecule has 1 nitrogen and oxygen atoms in total. The van der Waals surface area contributed by atoms with Crippen molar-refractivity contribution in [1.82, 2.24) is 0 Å². The Bertz CT molecular complexity index is 516. The molecule has 1 heteroatoms. The zero-order valence-corrected chi connectivity index (χ0v) is 13.0. The first-order valence-electron chi connectivity index (χ1n) is 8.06. The molecule has 0 aromatic heterocycles. The van der Waals surface area contributed by atoms with Gasteiger partial charge in [-0.25, -0.2) is 0 Å². The van der Waals surface area contributed by atoms with Crippen LogP contribution < -0.4 is 4.74 Å². The largest absolute Gasteiger partial charge is 0.489 e. The molecule has 0 amide bonds. The first kappa shape index (κ1) is 13.7. The van der Waals surface area contributed by atoms with Gasteiger partial charge in [0.05, 0.1) is 0 Å². The van der Waals surface area contributed by atoms with Gasteiger partial charge in [0.2, 0.25) is 0 Å². The van der Waals surface area contributed by atoms with Crippen LogP contribution in [0.25, 0.3) is 0 Å². The maximum Gasteiger partial charge on any atom is 0.123 e. The van der Waals surface area contributed by atoms with E-state index in [-0.39, 0.29) is 0 Å². The van der Waals surface area contributed by atoms with Crippen LogP contribution in [-0.2, 0) is 6.42 Å². The number of benzene rings is 1. The fraction of sp³-hybridized carbons (Fsp3) is 0.579. The van der Waals surface area contributed by atoms with Crippen molar-refractivity contribution in [2.24, 2.45) is 11.8 Å². The van der Waals surface area contributed by atoms with E-state index >= 15 is 0 Å². The Hall–Kier alpha value is -1.24. The molecule has 4 atom stereocenters. The molecule has 3 rings (SSSR count). The number of rotatable bonds is 3. The zero-order valence-electron chi connectivity index (χ0n) is 13.0. The fourth-order valence-corrected chi connectivity index (χ4v) is 4.05. The van der Waals surface area contributed by atoms with Gasteiger partial charge in [0.1, 0.15) is 11.9 Å². The summed E-state index contributed by atoms with van der Waals surface area (Å²) >= 11 is 0. The number of hydrogen-bond acceptors (Lipinski definition) is 1. The molecule has 4 unspecified atom stereocenters. The smallest absolute Gasteiger partial charge is 0.123 e. The summed E-state index contributed by atoms with van der Waals surface area (Å²) in [5, 5.41) is 0. The summed E-state index contributed by atoms with van der Waals surface area (Å²) in [5.74, 6) is 2.92. The lowest BCUT2D eigenvalue weighted by molar-refractivity contribution is 0.0867. The van der Waals surface area contributed by atoms with Crippen LogP contribution in [0.4, 0.5) is 0 Å². The molecule has 1 aromatic rings. The van der Waals surface area contributed by atoms with Gasteiger partial charge in [-0.2, -0.15) is 0 Å². The van der Waals surface area contributed by atoms with Crippen molar-refractivity contribution in [2.75, 3.05) is 0 Å². The Balaban J connectivity index is 1.97. The Morgan fingerprint density at radius 3 is 2.85 bits per heavy atom. The summed E-state index contributed by atoms with van der Waals surface area (Å²) in [4.78, 5) is 0. The second kappa shape index (κ2) is 5.27. The highest BCUT2D eigenvalue weighted by molar-refractivity contribution is 5.46. The minimum Gasteiger partial charge on any atom is -0.489 e. The summed E-state index contributed by atoms with van der Waals surface area (Å²) in [6, 6.07) is 6.89. The van der Waals surface area contributed by atoms with Crippen molar-refractivity contribution < 1.29 is 4.74 Å². The summed E-state index contributed by atoms with van der Waals surface area (Å²) in [6.45, 7) is 11.0. The molecular formula is C19H26O. The molecule has 0 saturated heterocycles. The van der Waals surface area contributed by atoms with Gasteiger partial charge in [0.25, 0.3) is 0 Å². The molecule has 0 radical (unpaired) electrons. The van der Waals surface area contributed by atoms with Crippen LogP contribution in [0.5, 0.6) is 5.75 Å². The van der Waals surface area contributed by atoms with Crippen molar-refractivity contribution in [3.05, 3.63) is 41.5 Å². The minimum absolute atomic E-state index is 0.359. The SMILES string of the molecule is C=C(C)C1CCC(C)C2Oc3cc(CCC)ccc3C12. The van der Waals surface area contributed by atoms with Crippen LogP contribution >= 0.6 is 0 Å². The van der Waals surface area contributed by atoms with E-state index in [1.165, 1.54) is 36.0 Å².